The van der Waals surface area contributed by atoms with Crippen molar-refractivity contribution in [3.05, 3.63) is 65.2 Å². The predicted molar refractivity (Wildman–Crippen MR) is 109 cm³/mol. The summed E-state index contributed by atoms with van der Waals surface area (Å²) >= 11 is 1.43. The molecular formula is C21H17N3O3S. The predicted octanol–water partition coefficient (Wildman–Crippen LogP) is 4.37. The highest BCUT2D eigenvalue weighted by atomic mass is 32.1. The molecule has 0 aliphatic carbocycles. The van der Waals surface area contributed by atoms with Crippen LogP contribution in [0.5, 0.6) is 11.5 Å². The Labute approximate surface area is 166 Å². The minimum Gasteiger partial charge on any atom is -0.497 e. The molecule has 3 aromatic rings. The van der Waals surface area contributed by atoms with Crippen LogP contribution in [0.1, 0.15) is 5.69 Å². The third-order valence-corrected chi connectivity index (χ3v) is 4.73. The molecule has 0 fully saturated rings. The summed E-state index contributed by atoms with van der Waals surface area (Å²) < 4.78 is 10.4. The molecular weight excluding hydrogens is 374 g/mol. The topological polar surface area (TPSA) is 84.2 Å². The molecule has 0 saturated heterocycles. The van der Waals surface area contributed by atoms with Crippen molar-refractivity contribution in [3.8, 4) is 28.1 Å². The molecule has 1 aromatic heterocycles. The van der Waals surface area contributed by atoms with Crippen molar-refractivity contribution in [3.63, 3.8) is 0 Å². The normalized spacial score (nSPS) is 10.8. The maximum atomic E-state index is 12.4. The number of hydrogen-bond acceptors (Lipinski definition) is 6. The van der Waals surface area contributed by atoms with Crippen LogP contribution in [0.25, 0.3) is 16.6 Å². The molecule has 0 aliphatic rings. The molecule has 7 heteroatoms. The number of nitriles is 1. The Morgan fingerprint density at radius 2 is 1.86 bits per heavy atom. The van der Waals surface area contributed by atoms with Crippen molar-refractivity contribution in [2.45, 2.75) is 0 Å². The summed E-state index contributed by atoms with van der Waals surface area (Å²) in [5.74, 6) is 0.842. The number of thiazole rings is 1. The molecule has 1 amide bonds. The van der Waals surface area contributed by atoms with Gasteiger partial charge >= 0.3 is 0 Å². The highest BCUT2D eigenvalue weighted by molar-refractivity contribution is 7.13. The zero-order valence-electron chi connectivity index (χ0n) is 15.3. The van der Waals surface area contributed by atoms with E-state index in [0.717, 1.165) is 16.3 Å². The van der Waals surface area contributed by atoms with Gasteiger partial charge < -0.3 is 14.8 Å². The van der Waals surface area contributed by atoms with Crippen molar-refractivity contribution in [2.75, 3.05) is 19.5 Å². The minimum absolute atomic E-state index is 0.0367. The lowest BCUT2D eigenvalue weighted by Gasteiger charge is -2.06. The van der Waals surface area contributed by atoms with Gasteiger partial charge in [-0.15, -0.1) is 11.3 Å². The standard InChI is InChI=1S/C21H17N3O3S/c1-26-18-7-3-5-14(10-18)21-24-17(13-28-21)9-15(12-22)20(25)23-16-6-4-8-19(11-16)27-2/h3-11,13H,1-2H3,(H,23,25)/b15-9+. The molecule has 2 aromatic carbocycles. The fourth-order valence-electron chi connectivity index (χ4n) is 2.44. The molecule has 0 aliphatic heterocycles. The maximum absolute atomic E-state index is 12.4. The number of hydrogen-bond donors (Lipinski definition) is 1. The number of nitrogens with zero attached hydrogens (tertiary/aromatic N) is 2. The first-order valence-electron chi connectivity index (χ1n) is 8.30. The summed E-state index contributed by atoms with van der Waals surface area (Å²) in [5, 5.41) is 14.6. The average Bonchev–Trinajstić information content (AvgIpc) is 3.20. The number of ether oxygens (including phenoxy) is 2. The number of methoxy groups -OCH3 is 2. The molecule has 1 heterocycles. The summed E-state index contributed by atoms with van der Waals surface area (Å²) in [4.78, 5) is 16.9. The third kappa shape index (κ3) is 4.55. The molecule has 0 spiro atoms. The van der Waals surface area contributed by atoms with Crippen LogP contribution in [0.15, 0.2) is 59.5 Å². The Morgan fingerprint density at radius 1 is 1.14 bits per heavy atom. The van der Waals surface area contributed by atoms with E-state index in [-0.39, 0.29) is 5.57 Å². The Hall–Kier alpha value is -3.63. The first-order chi connectivity index (χ1) is 13.6. The molecule has 0 saturated carbocycles. The van der Waals surface area contributed by atoms with Gasteiger partial charge in [0.25, 0.3) is 5.91 Å². The number of benzene rings is 2. The van der Waals surface area contributed by atoms with Crippen LogP contribution in [0, 0.1) is 11.3 Å². The van der Waals surface area contributed by atoms with Crippen LogP contribution in [0.4, 0.5) is 5.69 Å². The van der Waals surface area contributed by atoms with E-state index in [2.05, 4.69) is 10.3 Å². The van der Waals surface area contributed by atoms with Crippen molar-refractivity contribution >= 4 is 29.0 Å². The van der Waals surface area contributed by atoms with E-state index < -0.39 is 5.91 Å². The first-order valence-corrected chi connectivity index (χ1v) is 9.18. The minimum atomic E-state index is -0.508. The molecule has 28 heavy (non-hydrogen) atoms. The molecule has 0 atom stereocenters. The number of anilines is 1. The van der Waals surface area contributed by atoms with Crippen LogP contribution in [0.3, 0.4) is 0 Å². The lowest BCUT2D eigenvalue weighted by atomic mass is 10.2. The smallest absolute Gasteiger partial charge is 0.266 e. The van der Waals surface area contributed by atoms with E-state index in [0.29, 0.717) is 17.1 Å². The lowest BCUT2D eigenvalue weighted by molar-refractivity contribution is -0.112. The summed E-state index contributed by atoms with van der Waals surface area (Å²) in [5.41, 5.74) is 1.95. The molecule has 0 unspecified atom stereocenters. The van der Waals surface area contributed by atoms with Crippen molar-refractivity contribution in [1.29, 1.82) is 5.26 Å². The van der Waals surface area contributed by atoms with Gasteiger partial charge in [-0.1, -0.05) is 18.2 Å². The molecule has 3 rings (SSSR count). The number of nitrogens with one attached hydrogen (secondary N) is 1. The van der Waals surface area contributed by atoms with Crippen molar-refractivity contribution < 1.29 is 14.3 Å². The number of carbonyl (C=O) groups is 1. The second-order valence-corrected chi connectivity index (χ2v) is 6.52. The monoisotopic (exact) mass is 391 g/mol. The second kappa shape index (κ2) is 8.84. The van der Waals surface area contributed by atoms with Crippen LogP contribution >= 0.6 is 11.3 Å². The van der Waals surface area contributed by atoms with E-state index in [1.165, 1.54) is 17.4 Å². The van der Waals surface area contributed by atoms with Gasteiger partial charge in [-0.25, -0.2) is 4.98 Å². The number of rotatable bonds is 6. The highest BCUT2D eigenvalue weighted by Crippen LogP contribution is 2.27. The average molecular weight is 391 g/mol. The van der Waals surface area contributed by atoms with Crippen LogP contribution < -0.4 is 14.8 Å². The van der Waals surface area contributed by atoms with E-state index >= 15 is 0 Å². The number of aromatic nitrogens is 1. The largest absolute Gasteiger partial charge is 0.497 e. The van der Waals surface area contributed by atoms with Gasteiger partial charge in [-0.05, 0) is 30.3 Å². The lowest BCUT2D eigenvalue weighted by Crippen LogP contribution is -2.13. The Bertz CT molecular complexity index is 1070. The SMILES string of the molecule is COc1cccc(NC(=O)/C(C#N)=C/c2csc(-c3cccc(OC)c3)n2)c1. The Balaban J connectivity index is 1.79. The van der Waals surface area contributed by atoms with Gasteiger partial charge in [0.2, 0.25) is 0 Å². The fourth-order valence-corrected chi connectivity index (χ4v) is 3.21. The van der Waals surface area contributed by atoms with Gasteiger partial charge in [0.15, 0.2) is 0 Å². The third-order valence-electron chi connectivity index (χ3n) is 3.82. The van der Waals surface area contributed by atoms with E-state index in [9.17, 15) is 10.1 Å². The zero-order chi connectivity index (χ0) is 19.9. The van der Waals surface area contributed by atoms with Gasteiger partial charge in [-0.3, -0.25) is 4.79 Å². The number of amides is 1. The first kappa shape index (κ1) is 19.1. The summed E-state index contributed by atoms with van der Waals surface area (Å²) in [6.45, 7) is 0. The van der Waals surface area contributed by atoms with Crippen molar-refractivity contribution in [2.24, 2.45) is 0 Å². The van der Waals surface area contributed by atoms with Gasteiger partial charge in [-0.2, -0.15) is 5.26 Å². The molecule has 0 radical (unpaired) electrons. The van der Waals surface area contributed by atoms with Crippen LogP contribution in [0.2, 0.25) is 0 Å². The molecule has 1 N–H and O–H groups in total. The van der Waals surface area contributed by atoms with Gasteiger partial charge in [0.05, 0.1) is 19.9 Å². The van der Waals surface area contributed by atoms with E-state index in [4.69, 9.17) is 9.47 Å². The maximum Gasteiger partial charge on any atom is 0.266 e. The van der Waals surface area contributed by atoms with Gasteiger partial charge in [0.1, 0.15) is 28.1 Å². The highest BCUT2D eigenvalue weighted by Gasteiger charge is 2.12. The van der Waals surface area contributed by atoms with E-state index in [1.807, 2.05) is 30.3 Å². The summed E-state index contributed by atoms with van der Waals surface area (Å²) in [6.07, 6.45) is 1.47. The summed E-state index contributed by atoms with van der Waals surface area (Å²) in [6, 6.07) is 16.4. The van der Waals surface area contributed by atoms with Crippen LogP contribution in [-0.2, 0) is 4.79 Å². The van der Waals surface area contributed by atoms with Crippen LogP contribution in [-0.4, -0.2) is 25.1 Å². The zero-order valence-corrected chi connectivity index (χ0v) is 16.1. The number of carbonyl (C=O) groups excluding carboxylic acids is 1. The van der Waals surface area contributed by atoms with Crippen molar-refractivity contribution in [1.82, 2.24) is 4.98 Å². The molecule has 6 nitrogen and oxygen atoms in total. The second-order valence-electron chi connectivity index (χ2n) is 5.67. The fraction of sp³-hybridized carbons (Fsp3) is 0.0952. The summed E-state index contributed by atoms with van der Waals surface area (Å²) in [7, 11) is 3.15. The van der Waals surface area contributed by atoms with Gasteiger partial charge in [0, 0.05) is 22.7 Å². The quantitative estimate of drug-likeness (QED) is 0.498. The van der Waals surface area contributed by atoms with E-state index in [1.54, 1.807) is 43.9 Å². The molecule has 0 bridgehead atoms. The Morgan fingerprint density at radius 3 is 2.57 bits per heavy atom. The molecule has 140 valence electrons. The Kier molecular flexibility index (Phi) is 6.04.